The summed E-state index contributed by atoms with van der Waals surface area (Å²) in [6.07, 6.45) is -3.86. The molecule has 0 unspecified atom stereocenters. The van der Waals surface area contributed by atoms with Crippen molar-refractivity contribution in [2.45, 2.75) is 6.36 Å². The van der Waals surface area contributed by atoms with Crippen LogP contribution in [0.5, 0.6) is 5.75 Å². The molecule has 112 valence electrons. The molecule has 0 spiro atoms. The number of hydrogen-bond acceptors (Lipinski definition) is 5. The van der Waals surface area contributed by atoms with E-state index in [9.17, 15) is 22.4 Å². The van der Waals surface area contributed by atoms with Gasteiger partial charge in [-0.2, -0.15) is 5.10 Å². The van der Waals surface area contributed by atoms with Gasteiger partial charge in [-0.15, -0.1) is 18.3 Å². The number of nitrogens with one attached hydrogen (secondary N) is 1. The van der Waals surface area contributed by atoms with Gasteiger partial charge < -0.3 is 10.1 Å². The topological polar surface area (TPSA) is 63.0 Å². The number of nitrogens with zero attached hydrogens (tertiary/aromatic N) is 2. The van der Waals surface area contributed by atoms with Crippen LogP contribution in [0.3, 0.4) is 0 Å². The molecule has 0 saturated carbocycles. The number of halogens is 4. The lowest BCUT2D eigenvalue weighted by atomic mass is 10.2. The molecule has 1 amide bonds. The van der Waals surface area contributed by atoms with Crippen LogP contribution in [0, 0.1) is 5.82 Å². The molecule has 0 aliphatic carbocycles. The zero-order chi connectivity index (χ0) is 15.5. The first-order valence-corrected chi connectivity index (χ1v) is 6.41. The number of rotatable bonds is 3. The summed E-state index contributed by atoms with van der Waals surface area (Å²) in [7, 11) is 0. The Morgan fingerprint density at radius 2 is 2.14 bits per heavy atom. The van der Waals surface area contributed by atoms with Gasteiger partial charge in [0.2, 0.25) is 5.91 Å². The van der Waals surface area contributed by atoms with E-state index in [4.69, 9.17) is 0 Å². The number of thioether (sulfide) groups is 1. The van der Waals surface area contributed by atoms with E-state index in [2.05, 4.69) is 20.3 Å². The van der Waals surface area contributed by atoms with E-state index in [0.29, 0.717) is 6.07 Å². The fourth-order valence-electron chi connectivity index (χ4n) is 1.33. The predicted octanol–water partition coefficient (Wildman–Crippen LogP) is 2.28. The standard InChI is InChI=1S/C11H7F4N3O2S/c12-8-3-7(20-11(13,14)15)2-1-6(8)4-16-18-10-17-9(19)5-21-10/h1-4H,5H2,(H,17,18,19). The maximum absolute atomic E-state index is 13.5. The summed E-state index contributed by atoms with van der Waals surface area (Å²) in [4.78, 5) is 10.9. The van der Waals surface area contributed by atoms with Gasteiger partial charge in [0.1, 0.15) is 11.6 Å². The Kier molecular flexibility index (Phi) is 4.46. The molecule has 0 bridgehead atoms. The molecule has 1 N–H and O–H groups in total. The molecule has 1 fully saturated rings. The maximum atomic E-state index is 13.5. The molecule has 0 radical (unpaired) electrons. The van der Waals surface area contributed by atoms with E-state index in [1.807, 2.05) is 0 Å². The summed E-state index contributed by atoms with van der Waals surface area (Å²) in [5, 5.41) is 9.86. The Balaban J connectivity index is 2.06. The number of amides is 1. The normalized spacial score (nSPS) is 17.5. The number of alkyl halides is 3. The smallest absolute Gasteiger partial charge is 0.406 e. The Labute approximate surface area is 120 Å². The molecule has 2 rings (SSSR count). The fraction of sp³-hybridized carbons (Fsp3) is 0.182. The van der Waals surface area contributed by atoms with Crippen LogP contribution in [0.2, 0.25) is 0 Å². The number of ether oxygens (including phenoxy) is 1. The van der Waals surface area contributed by atoms with Crippen molar-refractivity contribution < 1.29 is 27.1 Å². The second kappa shape index (κ2) is 6.12. The number of amidine groups is 1. The van der Waals surface area contributed by atoms with Gasteiger partial charge in [-0.05, 0) is 12.1 Å². The van der Waals surface area contributed by atoms with Crippen LogP contribution in [0.25, 0.3) is 0 Å². The minimum Gasteiger partial charge on any atom is -0.406 e. The van der Waals surface area contributed by atoms with Gasteiger partial charge in [0, 0.05) is 11.6 Å². The predicted molar refractivity (Wildman–Crippen MR) is 68.7 cm³/mol. The molecule has 1 aromatic carbocycles. The third kappa shape index (κ3) is 4.74. The highest BCUT2D eigenvalue weighted by atomic mass is 32.2. The van der Waals surface area contributed by atoms with E-state index in [1.165, 1.54) is 0 Å². The molecule has 21 heavy (non-hydrogen) atoms. The van der Waals surface area contributed by atoms with Crippen molar-refractivity contribution in [3.63, 3.8) is 0 Å². The van der Waals surface area contributed by atoms with Gasteiger partial charge in [-0.3, -0.25) is 4.79 Å². The number of hydrogen-bond donors (Lipinski definition) is 1. The van der Waals surface area contributed by atoms with Gasteiger partial charge in [-0.25, -0.2) is 4.39 Å². The second-order valence-electron chi connectivity index (χ2n) is 3.72. The van der Waals surface area contributed by atoms with Crippen LogP contribution in [0.4, 0.5) is 17.6 Å². The summed E-state index contributed by atoms with van der Waals surface area (Å²) < 4.78 is 53.0. The highest BCUT2D eigenvalue weighted by molar-refractivity contribution is 8.15. The average Bonchev–Trinajstić information content (AvgIpc) is 2.76. The molecule has 5 nitrogen and oxygen atoms in total. The van der Waals surface area contributed by atoms with Gasteiger partial charge in [0.25, 0.3) is 0 Å². The minimum atomic E-state index is -4.88. The summed E-state index contributed by atoms with van der Waals surface area (Å²) in [6.45, 7) is 0. The first kappa shape index (κ1) is 15.3. The monoisotopic (exact) mass is 321 g/mol. The summed E-state index contributed by atoms with van der Waals surface area (Å²) in [5.74, 6) is -1.59. The first-order chi connectivity index (χ1) is 9.83. The third-order valence-corrected chi connectivity index (χ3v) is 3.00. The molecule has 10 heteroatoms. The van der Waals surface area contributed by atoms with E-state index in [-0.39, 0.29) is 22.4 Å². The SMILES string of the molecule is O=C1CSC(=NN=Cc2ccc(OC(F)(F)F)cc2F)N1. The lowest BCUT2D eigenvalue weighted by molar-refractivity contribution is -0.274. The zero-order valence-electron chi connectivity index (χ0n) is 10.1. The summed E-state index contributed by atoms with van der Waals surface area (Å²) in [5.41, 5.74) is -0.0665. The van der Waals surface area contributed by atoms with E-state index >= 15 is 0 Å². The van der Waals surface area contributed by atoms with Crippen LogP contribution in [0.1, 0.15) is 5.56 Å². The first-order valence-electron chi connectivity index (χ1n) is 5.42. The van der Waals surface area contributed by atoms with Gasteiger partial charge >= 0.3 is 6.36 Å². The molecular formula is C11H7F4N3O2S. The lowest BCUT2D eigenvalue weighted by Gasteiger charge is -2.08. The Bertz CT molecular complexity index is 616. The molecule has 1 saturated heterocycles. The zero-order valence-corrected chi connectivity index (χ0v) is 11.0. The Hall–Kier alpha value is -2.10. The van der Waals surface area contributed by atoms with Crippen molar-refractivity contribution in [1.29, 1.82) is 0 Å². The van der Waals surface area contributed by atoms with E-state index in [1.54, 1.807) is 0 Å². The summed E-state index contributed by atoms with van der Waals surface area (Å²) >= 11 is 1.14. The molecule has 0 atom stereocenters. The minimum absolute atomic E-state index is 0.0665. The van der Waals surface area contributed by atoms with Crippen molar-refractivity contribution >= 4 is 29.1 Å². The van der Waals surface area contributed by atoms with Gasteiger partial charge in [0.05, 0.1) is 12.0 Å². The van der Waals surface area contributed by atoms with Crippen LogP contribution in [-0.4, -0.2) is 29.4 Å². The maximum Gasteiger partial charge on any atom is 0.573 e. The molecule has 1 aliphatic heterocycles. The molecule has 1 heterocycles. The molecule has 0 aromatic heterocycles. The fourth-order valence-corrected chi connectivity index (χ4v) is 1.96. The van der Waals surface area contributed by atoms with Crippen molar-refractivity contribution in [2.75, 3.05) is 5.75 Å². The van der Waals surface area contributed by atoms with E-state index in [0.717, 1.165) is 30.1 Å². The molecule has 1 aromatic rings. The highest BCUT2D eigenvalue weighted by Crippen LogP contribution is 2.24. The second-order valence-corrected chi connectivity index (χ2v) is 4.68. The number of benzene rings is 1. The van der Waals surface area contributed by atoms with Crippen LogP contribution >= 0.6 is 11.8 Å². The van der Waals surface area contributed by atoms with Crippen LogP contribution in [-0.2, 0) is 4.79 Å². The van der Waals surface area contributed by atoms with Crippen molar-refractivity contribution in [2.24, 2.45) is 10.2 Å². The largest absolute Gasteiger partial charge is 0.573 e. The van der Waals surface area contributed by atoms with Crippen LogP contribution in [0.15, 0.2) is 28.4 Å². The Morgan fingerprint density at radius 3 is 2.71 bits per heavy atom. The van der Waals surface area contributed by atoms with Crippen molar-refractivity contribution in [1.82, 2.24) is 5.32 Å². The van der Waals surface area contributed by atoms with Crippen molar-refractivity contribution in [3.05, 3.63) is 29.6 Å². The van der Waals surface area contributed by atoms with Crippen molar-refractivity contribution in [3.8, 4) is 5.75 Å². The number of carbonyl (C=O) groups excluding carboxylic acids is 1. The molecular weight excluding hydrogens is 314 g/mol. The lowest BCUT2D eigenvalue weighted by Crippen LogP contribution is -2.19. The Morgan fingerprint density at radius 1 is 1.38 bits per heavy atom. The molecule has 1 aliphatic rings. The van der Waals surface area contributed by atoms with Crippen LogP contribution < -0.4 is 10.1 Å². The van der Waals surface area contributed by atoms with E-state index < -0.39 is 17.9 Å². The third-order valence-electron chi connectivity index (χ3n) is 2.14. The highest BCUT2D eigenvalue weighted by Gasteiger charge is 2.31. The average molecular weight is 321 g/mol. The van der Waals surface area contributed by atoms with Gasteiger partial charge in [-0.1, -0.05) is 11.8 Å². The number of carbonyl (C=O) groups is 1. The summed E-state index contributed by atoms with van der Waals surface area (Å²) in [6, 6.07) is 2.62. The van der Waals surface area contributed by atoms with Gasteiger partial charge in [0.15, 0.2) is 5.17 Å². The quantitative estimate of drug-likeness (QED) is 0.528.